The molecule has 0 bridgehead atoms. The van der Waals surface area contributed by atoms with E-state index in [-0.39, 0.29) is 10.6 Å². The van der Waals surface area contributed by atoms with Crippen molar-refractivity contribution < 1.29 is 33.0 Å². The molecule has 5 nitrogen and oxygen atoms in total. The fourth-order valence-electron chi connectivity index (χ4n) is 2.87. The van der Waals surface area contributed by atoms with Gasteiger partial charge < -0.3 is 15.1 Å². The zero-order valence-corrected chi connectivity index (χ0v) is 12.0. The highest BCUT2D eigenvalue weighted by molar-refractivity contribution is 8.03. The minimum atomic E-state index is -4.42. The lowest BCUT2D eigenvalue weighted by molar-refractivity contribution is -0.163. The monoisotopic (exact) mass is 325 g/mol. The molecule has 0 spiro atoms. The molecule has 1 unspecified atom stereocenters. The van der Waals surface area contributed by atoms with Crippen molar-refractivity contribution in [1.29, 1.82) is 0 Å². The predicted molar refractivity (Wildman–Crippen MR) is 68.1 cm³/mol. The van der Waals surface area contributed by atoms with Crippen LogP contribution >= 0.6 is 11.8 Å². The molecule has 0 aromatic carbocycles. The SMILES string of the molecule is C[C@H]1C(SCC(F)(F)F)=C(C(=O)O)N2C(=O)[C@H]([C@@H](C)O)C12. The van der Waals surface area contributed by atoms with Crippen LogP contribution in [0.5, 0.6) is 0 Å². The summed E-state index contributed by atoms with van der Waals surface area (Å²) in [7, 11) is 0. The summed E-state index contributed by atoms with van der Waals surface area (Å²) >= 11 is 0.397. The lowest BCUT2D eigenvalue weighted by Gasteiger charge is -2.46. The van der Waals surface area contributed by atoms with Crippen LogP contribution in [0.4, 0.5) is 13.2 Å². The molecule has 0 aliphatic carbocycles. The number of aliphatic hydroxyl groups is 1. The smallest absolute Gasteiger partial charge is 0.398 e. The molecule has 9 heteroatoms. The van der Waals surface area contributed by atoms with E-state index in [0.717, 1.165) is 4.90 Å². The van der Waals surface area contributed by atoms with Gasteiger partial charge >= 0.3 is 12.1 Å². The molecule has 0 saturated carbocycles. The third kappa shape index (κ3) is 2.64. The first-order valence-electron chi connectivity index (χ1n) is 6.24. The van der Waals surface area contributed by atoms with Crippen molar-refractivity contribution in [2.24, 2.45) is 11.8 Å². The molecule has 2 aliphatic rings. The van der Waals surface area contributed by atoms with Gasteiger partial charge in [-0.3, -0.25) is 4.79 Å². The molecule has 2 rings (SSSR count). The van der Waals surface area contributed by atoms with Gasteiger partial charge in [-0.1, -0.05) is 6.92 Å². The Labute approximate surface area is 122 Å². The summed E-state index contributed by atoms with van der Waals surface area (Å²) in [4.78, 5) is 24.3. The Morgan fingerprint density at radius 2 is 2.05 bits per heavy atom. The molecule has 4 atom stereocenters. The van der Waals surface area contributed by atoms with Crippen molar-refractivity contribution in [3.05, 3.63) is 10.6 Å². The Hall–Kier alpha value is -1.22. The molecule has 1 amide bonds. The highest BCUT2D eigenvalue weighted by atomic mass is 32.2. The van der Waals surface area contributed by atoms with Gasteiger partial charge in [0.1, 0.15) is 5.70 Å². The number of rotatable bonds is 4. The van der Waals surface area contributed by atoms with Crippen LogP contribution in [0.1, 0.15) is 13.8 Å². The summed E-state index contributed by atoms with van der Waals surface area (Å²) in [5, 5.41) is 18.8. The second kappa shape index (κ2) is 5.20. The van der Waals surface area contributed by atoms with Crippen molar-refractivity contribution in [1.82, 2.24) is 4.90 Å². The van der Waals surface area contributed by atoms with Crippen LogP contribution in [-0.4, -0.2) is 51.1 Å². The normalized spacial score (nSPS) is 30.3. The quantitative estimate of drug-likeness (QED) is 0.765. The molecule has 118 valence electrons. The summed E-state index contributed by atoms with van der Waals surface area (Å²) in [5.74, 6) is -4.50. The lowest BCUT2D eigenvalue weighted by Crippen LogP contribution is -2.63. The third-order valence-corrected chi connectivity index (χ3v) is 5.05. The topological polar surface area (TPSA) is 77.8 Å². The minimum Gasteiger partial charge on any atom is -0.477 e. The number of amides is 1. The molecule has 0 aromatic heterocycles. The Balaban J connectivity index is 2.30. The molecule has 21 heavy (non-hydrogen) atoms. The first kappa shape index (κ1) is 16.2. The van der Waals surface area contributed by atoms with Gasteiger partial charge in [0, 0.05) is 10.8 Å². The number of aliphatic carboxylic acids is 1. The second-order valence-electron chi connectivity index (χ2n) is 5.18. The number of hydrogen-bond donors (Lipinski definition) is 2. The Bertz CT molecular complexity index is 517. The molecular formula is C12H14F3NO4S. The Morgan fingerprint density at radius 3 is 2.48 bits per heavy atom. The summed E-state index contributed by atoms with van der Waals surface area (Å²) in [6.07, 6.45) is -5.39. The predicted octanol–water partition coefficient (Wildman–Crippen LogP) is 1.44. The number of carboxylic acids is 1. The largest absolute Gasteiger partial charge is 0.477 e. The summed E-state index contributed by atoms with van der Waals surface area (Å²) in [6, 6.07) is -0.584. The number of halogens is 3. The van der Waals surface area contributed by atoms with Gasteiger partial charge in [0.05, 0.1) is 23.8 Å². The second-order valence-corrected chi connectivity index (χ2v) is 6.19. The van der Waals surface area contributed by atoms with Crippen molar-refractivity contribution in [2.45, 2.75) is 32.2 Å². The Morgan fingerprint density at radius 1 is 1.48 bits per heavy atom. The third-order valence-electron chi connectivity index (χ3n) is 3.70. The van der Waals surface area contributed by atoms with Gasteiger partial charge in [0.2, 0.25) is 5.91 Å². The van der Waals surface area contributed by atoms with Crippen LogP contribution in [0.25, 0.3) is 0 Å². The van der Waals surface area contributed by atoms with E-state index in [1.54, 1.807) is 6.92 Å². The van der Waals surface area contributed by atoms with Gasteiger partial charge in [-0.15, -0.1) is 11.8 Å². The van der Waals surface area contributed by atoms with Crippen molar-refractivity contribution in [2.75, 3.05) is 5.75 Å². The summed E-state index contributed by atoms with van der Waals surface area (Å²) in [5.41, 5.74) is -0.386. The molecule has 0 aromatic rings. The van der Waals surface area contributed by atoms with E-state index in [1.165, 1.54) is 6.92 Å². The fourth-order valence-corrected chi connectivity index (χ4v) is 3.92. The maximum absolute atomic E-state index is 12.3. The maximum atomic E-state index is 12.3. The first-order chi connectivity index (χ1) is 9.56. The average Bonchev–Trinajstić information content (AvgIpc) is 2.55. The van der Waals surface area contributed by atoms with E-state index in [0.29, 0.717) is 11.8 Å². The summed E-state index contributed by atoms with van der Waals surface area (Å²) < 4.78 is 37.0. The van der Waals surface area contributed by atoms with E-state index in [1.807, 2.05) is 0 Å². The molecule has 0 radical (unpaired) electrons. The minimum absolute atomic E-state index is 0.0429. The number of fused-ring (bicyclic) bond motifs is 1. The van der Waals surface area contributed by atoms with Crippen LogP contribution in [0, 0.1) is 11.8 Å². The standard InChI is InChI=1S/C12H14F3NO4S/c1-4-7-6(5(2)17)10(18)16(7)8(11(19)20)9(4)21-3-12(13,14)15/h4-7,17H,3H2,1-2H3,(H,19,20)/t4-,5-,6-,7?/m1/s1. The summed E-state index contributed by atoms with van der Waals surface area (Å²) in [6.45, 7) is 2.99. The molecule has 2 aliphatic heterocycles. The zero-order valence-electron chi connectivity index (χ0n) is 11.2. The molecule has 2 N–H and O–H groups in total. The van der Waals surface area contributed by atoms with Crippen LogP contribution in [0.3, 0.4) is 0 Å². The van der Waals surface area contributed by atoms with E-state index in [4.69, 9.17) is 0 Å². The number of aliphatic hydroxyl groups excluding tert-OH is 1. The van der Waals surface area contributed by atoms with Crippen LogP contribution in [0.15, 0.2) is 10.6 Å². The van der Waals surface area contributed by atoms with Gasteiger partial charge in [-0.05, 0) is 6.92 Å². The number of hydrogen-bond acceptors (Lipinski definition) is 4. The number of carbonyl (C=O) groups is 2. The van der Waals surface area contributed by atoms with Gasteiger partial charge in [0.25, 0.3) is 0 Å². The fraction of sp³-hybridized carbons (Fsp3) is 0.667. The van der Waals surface area contributed by atoms with Gasteiger partial charge in [-0.2, -0.15) is 13.2 Å². The number of nitrogens with zero attached hydrogens (tertiary/aromatic N) is 1. The number of thioether (sulfide) groups is 1. The molecule has 1 fully saturated rings. The van der Waals surface area contributed by atoms with Crippen LogP contribution in [-0.2, 0) is 9.59 Å². The Kier molecular flexibility index (Phi) is 4.00. The highest BCUT2D eigenvalue weighted by Gasteiger charge is 2.60. The van der Waals surface area contributed by atoms with Crippen molar-refractivity contribution in [3.63, 3.8) is 0 Å². The average molecular weight is 325 g/mol. The number of alkyl halides is 3. The first-order valence-corrected chi connectivity index (χ1v) is 7.23. The molecule has 1 saturated heterocycles. The number of carboxylic acid groups (broad SMARTS) is 1. The highest BCUT2D eigenvalue weighted by Crippen LogP contribution is 2.51. The van der Waals surface area contributed by atoms with E-state index in [9.17, 15) is 33.0 Å². The van der Waals surface area contributed by atoms with E-state index >= 15 is 0 Å². The van der Waals surface area contributed by atoms with Crippen molar-refractivity contribution >= 4 is 23.6 Å². The van der Waals surface area contributed by atoms with Crippen LogP contribution < -0.4 is 0 Å². The van der Waals surface area contributed by atoms with Crippen molar-refractivity contribution in [3.8, 4) is 0 Å². The number of β-lactam (4-membered cyclic amide) rings is 1. The molecular weight excluding hydrogens is 311 g/mol. The molecule has 2 heterocycles. The van der Waals surface area contributed by atoms with Crippen LogP contribution in [0.2, 0.25) is 0 Å². The number of carbonyl (C=O) groups excluding carboxylic acids is 1. The zero-order chi connectivity index (χ0) is 16.1. The maximum Gasteiger partial charge on any atom is 0.398 e. The lowest BCUT2D eigenvalue weighted by atomic mass is 9.79. The van der Waals surface area contributed by atoms with Gasteiger partial charge in [0.15, 0.2) is 0 Å². The van der Waals surface area contributed by atoms with E-state index < -0.39 is 47.8 Å². The van der Waals surface area contributed by atoms with Gasteiger partial charge in [-0.25, -0.2) is 4.79 Å². The van der Waals surface area contributed by atoms with E-state index in [2.05, 4.69) is 0 Å².